The third-order valence-corrected chi connectivity index (χ3v) is 12.8. The normalized spacial score (nSPS) is 15.2. The molecule has 0 radical (unpaired) electrons. The largest absolute Gasteiger partial charge is 0.453 e. The molecule has 0 saturated carbocycles. The van der Waals surface area contributed by atoms with Gasteiger partial charge >= 0.3 is 0 Å². The summed E-state index contributed by atoms with van der Waals surface area (Å²) in [6.45, 7) is 0. The van der Waals surface area contributed by atoms with Gasteiger partial charge in [-0.05, 0) is 76.0 Å². The van der Waals surface area contributed by atoms with Crippen LogP contribution < -0.4 is 15.6 Å². The Labute approximate surface area is 332 Å². The predicted octanol–water partition coefficient (Wildman–Crippen LogP) is 12.7. The molecule has 0 saturated heterocycles. The summed E-state index contributed by atoms with van der Waals surface area (Å²) in [7, 11) is 0. The first-order valence-corrected chi connectivity index (χ1v) is 19.9. The average Bonchev–Trinajstić information content (AvgIpc) is 3.61. The number of para-hydroxylation sites is 4. The van der Waals surface area contributed by atoms with Gasteiger partial charge < -0.3 is 18.1 Å². The van der Waals surface area contributed by atoms with Crippen molar-refractivity contribution in [1.29, 1.82) is 0 Å². The SMILES string of the molecule is O=c1c2cccc3c2n(c2c1c1oc4ccc5ccccc5c4c4c(ccc5ccccc54)oc1c1c(=O)c4cccc5c4n(c12)C1CC=CC=C51)-c1ccccc1O3. The number of allylic oxidation sites excluding steroid dienone is 4. The third-order valence-electron chi connectivity index (χ3n) is 12.8. The molecule has 8 aromatic carbocycles. The van der Waals surface area contributed by atoms with E-state index in [0.717, 1.165) is 54.7 Å². The molecule has 0 amide bonds. The lowest BCUT2D eigenvalue weighted by atomic mass is 9.95. The first-order valence-electron chi connectivity index (χ1n) is 19.9. The lowest BCUT2D eigenvalue weighted by Crippen LogP contribution is -2.19. The van der Waals surface area contributed by atoms with Crippen LogP contribution in [0.15, 0.2) is 170 Å². The number of pyridine rings is 2. The van der Waals surface area contributed by atoms with Gasteiger partial charge in [-0.15, -0.1) is 0 Å². The molecule has 1 atom stereocenters. The number of nitrogens with zero attached hydrogens (tertiary/aromatic N) is 2. The second kappa shape index (κ2) is 10.9. The van der Waals surface area contributed by atoms with Crippen LogP contribution in [-0.2, 0) is 0 Å². The summed E-state index contributed by atoms with van der Waals surface area (Å²) in [4.78, 5) is 31.3. The zero-order valence-corrected chi connectivity index (χ0v) is 31.2. The van der Waals surface area contributed by atoms with Crippen LogP contribution in [0.5, 0.6) is 11.5 Å². The highest BCUT2D eigenvalue weighted by atomic mass is 16.5. The zero-order valence-electron chi connectivity index (χ0n) is 31.2. The number of ether oxygens (including phenoxy) is 1. The van der Waals surface area contributed by atoms with Crippen LogP contribution >= 0.6 is 0 Å². The van der Waals surface area contributed by atoms with E-state index in [9.17, 15) is 0 Å². The summed E-state index contributed by atoms with van der Waals surface area (Å²) in [5.41, 5.74) is 6.63. The number of hydrogen-bond acceptors (Lipinski definition) is 5. The summed E-state index contributed by atoms with van der Waals surface area (Å²) >= 11 is 0. The van der Waals surface area contributed by atoms with E-state index >= 15 is 9.59 Å². The van der Waals surface area contributed by atoms with Crippen LogP contribution in [0.1, 0.15) is 18.0 Å². The van der Waals surface area contributed by atoms with E-state index in [1.54, 1.807) is 0 Å². The van der Waals surface area contributed by atoms with E-state index in [1.165, 1.54) is 0 Å². The number of benzene rings is 8. The Balaban J connectivity index is 1.38. The average molecular weight is 761 g/mol. The van der Waals surface area contributed by atoms with Crippen LogP contribution in [0.4, 0.5) is 0 Å². The van der Waals surface area contributed by atoms with Crippen molar-refractivity contribution in [3.05, 3.63) is 178 Å². The van der Waals surface area contributed by atoms with E-state index in [1.807, 2.05) is 97.1 Å². The van der Waals surface area contributed by atoms with Crippen molar-refractivity contribution in [2.45, 2.75) is 12.5 Å². The Morgan fingerprint density at radius 2 is 1.10 bits per heavy atom. The summed E-state index contributed by atoms with van der Waals surface area (Å²) < 4.78 is 25.5. The van der Waals surface area contributed by atoms with E-state index in [2.05, 4.69) is 63.8 Å². The van der Waals surface area contributed by atoms with Crippen molar-refractivity contribution in [3.63, 3.8) is 0 Å². The van der Waals surface area contributed by atoms with Gasteiger partial charge in [0.25, 0.3) is 0 Å². The summed E-state index contributed by atoms with van der Waals surface area (Å²) in [5, 5.41) is 7.44. The minimum Gasteiger partial charge on any atom is -0.453 e. The minimum absolute atomic E-state index is 0.133. The Morgan fingerprint density at radius 3 is 1.83 bits per heavy atom. The quantitative estimate of drug-likeness (QED) is 0.114. The molecule has 0 fully saturated rings. The summed E-state index contributed by atoms with van der Waals surface area (Å²) in [5.74, 6) is 1.19. The molecule has 2 aliphatic heterocycles. The van der Waals surface area contributed by atoms with Crippen molar-refractivity contribution in [2.24, 2.45) is 0 Å². The smallest absolute Gasteiger partial charge is 0.201 e. The van der Waals surface area contributed by atoms with Crippen LogP contribution in [-0.4, -0.2) is 9.13 Å². The molecule has 11 aromatic rings. The van der Waals surface area contributed by atoms with Crippen LogP contribution in [0.2, 0.25) is 0 Å². The van der Waals surface area contributed by atoms with Crippen molar-refractivity contribution in [3.8, 4) is 17.2 Å². The summed E-state index contributed by atoms with van der Waals surface area (Å²) in [6, 6.07) is 43.8. The van der Waals surface area contributed by atoms with Gasteiger partial charge in [0.05, 0.1) is 44.4 Å². The van der Waals surface area contributed by atoms with Crippen LogP contribution in [0.25, 0.3) is 110 Å². The maximum atomic E-state index is 15.7. The molecule has 59 heavy (non-hydrogen) atoms. The maximum Gasteiger partial charge on any atom is 0.201 e. The monoisotopic (exact) mass is 760 g/mol. The maximum absolute atomic E-state index is 15.7. The molecule has 0 bridgehead atoms. The van der Waals surface area contributed by atoms with Crippen molar-refractivity contribution < 1.29 is 13.6 Å². The van der Waals surface area contributed by atoms with Gasteiger partial charge in [-0.3, -0.25) is 14.2 Å². The summed E-state index contributed by atoms with van der Waals surface area (Å²) in [6.07, 6.45) is 7.12. The lowest BCUT2D eigenvalue weighted by molar-refractivity contribution is 0.476. The first kappa shape index (κ1) is 31.2. The molecule has 7 nitrogen and oxygen atoms in total. The second-order valence-corrected chi connectivity index (χ2v) is 15.7. The van der Waals surface area contributed by atoms with Crippen LogP contribution in [0, 0.1) is 0 Å². The molecule has 276 valence electrons. The van der Waals surface area contributed by atoms with Gasteiger partial charge in [0, 0.05) is 21.7 Å². The molecule has 3 aromatic heterocycles. The molecular formula is C52H28N2O5. The van der Waals surface area contributed by atoms with Gasteiger partial charge in [-0.1, -0.05) is 109 Å². The third kappa shape index (κ3) is 3.82. The number of fused-ring (bicyclic) bond motifs is 20. The minimum atomic E-state index is -0.245. The van der Waals surface area contributed by atoms with Crippen LogP contribution in [0.3, 0.4) is 0 Å². The molecule has 0 N–H and O–H groups in total. The lowest BCUT2D eigenvalue weighted by Gasteiger charge is -2.27. The van der Waals surface area contributed by atoms with Crippen molar-refractivity contribution >= 4 is 104 Å². The molecule has 1 aliphatic carbocycles. The van der Waals surface area contributed by atoms with Crippen molar-refractivity contribution in [1.82, 2.24) is 9.13 Å². The Morgan fingerprint density at radius 1 is 0.508 bits per heavy atom. The Bertz CT molecular complexity index is 4080. The zero-order chi connectivity index (χ0) is 38.7. The van der Waals surface area contributed by atoms with Gasteiger partial charge in [0.15, 0.2) is 22.7 Å². The molecule has 5 heterocycles. The topological polar surface area (TPSA) is 79.5 Å². The Kier molecular flexibility index (Phi) is 5.79. The second-order valence-electron chi connectivity index (χ2n) is 15.7. The highest BCUT2D eigenvalue weighted by molar-refractivity contribution is 6.28. The van der Waals surface area contributed by atoms with Gasteiger partial charge in [-0.2, -0.15) is 0 Å². The predicted molar refractivity (Wildman–Crippen MR) is 237 cm³/mol. The number of hydrogen-bond donors (Lipinski definition) is 0. The Hall–Kier alpha value is -7.90. The van der Waals surface area contributed by atoms with Gasteiger partial charge in [0.2, 0.25) is 10.9 Å². The molecule has 3 aliphatic rings. The standard InChI is InChI=1S/C52H28N2O5/c55-49-33-17-9-16-32-31-15-5-6-19-35(31)53(45(32)33)47-43(49)51-52(44-48(47)54-36-20-7-8-21-37(36)57-40-22-10-18-34(46(40)54)50(44)56)59-39-26-24-28-12-2-4-14-30(28)42(39)41-29-13-3-1-11-27(29)23-25-38(41)58-51/h1-18,20-26,35H,19H2. The fraction of sp³-hybridized carbons (Fsp3) is 0.0385. The van der Waals surface area contributed by atoms with E-state index < -0.39 is 0 Å². The first-order chi connectivity index (χ1) is 29.1. The van der Waals surface area contributed by atoms with E-state index in [0.29, 0.717) is 67.2 Å². The highest BCUT2D eigenvalue weighted by Gasteiger charge is 2.36. The molecule has 0 spiro atoms. The van der Waals surface area contributed by atoms with Gasteiger partial charge in [-0.25, -0.2) is 0 Å². The number of rotatable bonds is 0. The van der Waals surface area contributed by atoms with Gasteiger partial charge in [0.1, 0.15) is 16.7 Å². The molecular weight excluding hydrogens is 733 g/mol. The fourth-order valence-electron chi connectivity index (χ4n) is 10.4. The molecule has 7 heteroatoms. The van der Waals surface area contributed by atoms with E-state index in [4.69, 9.17) is 13.6 Å². The van der Waals surface area contributed by atoms with E-state index in [-0.39, 0.29) is 28.1 Å². The highest BCUT2D eigenvalue weighted by Crippen LogP contribution is 2.50. The molecule has 1 unspecified atom stereocenters. The molecule has 14 rings (SSSR count). The van der Waals surface area contributed by atoms with Crippen molar-refractivity contribution in [2.75, 3.05) is 0 Å². The number of aromatic nitrogens is 2. The fourth-order valence-corrected chi connectivity index (χ4v) is 10.4.